The fraction of sp³-hybridized carbons (Fsp3) is 0.355. The lowest BCUT2D eigenvalue weighted by atomic mass is 9.70. The third kappa shape index (κ3) is 20.0. The van der Waals surface area contributed by atoms with Gasteiger partial charge >= 0.3 is 11.9 Å². The standard InChI is InChI=1S/2C31H34Cl2N2O3.2ClH.3H2O/c2*1-34(30(38)23-8-4-2-5-9-23)22-25(24-12-13-27(32)28(33)20-24)14-17-35-18-15-31(16-19-35,21-29(36)37)26-10-6-3-7-11-26;;;;;/h2*2-13,20,25H,14-19,21-22H2,1H3,(H,36,37);2*1H;3*1H2. The summed E-state index contributed by atoms with van der Waals surface area (Å²) in [4.78, 5) is 58.0. The number of nitrogens with zero attached hydrogens (tertiary/aromatic N) is 4. The van der Waals surface area contributed by atoms with Crippen LogP contribution in [0.25, 0.3) is 0 Å². The molecule has 2 aliphatic rings. The molecule has 6 aromatic carbocycles. The minimum absolute atomic E-state index is 0. The van der Waals surface area contributed by atoms with Crippen molar-refractivity contribution in [2.24, 2.45) is 0 Å². The van der Waals surface area contributed by atoms with Gasteiger partial charge in [-0.05, 0) is 149 Å². The topological polar surface area (TPSA) is 216 Å². The molecular weight excluding hydrogens is 1160 g/mol. The number of amides is 2. The van der Waals surface area contributed by atoms with Crippen molar-refractivity contribution >= 4 is 95.0 Å². The highest BCUT2D eigenvalue weighted by atomic mass is 35.5. The second-order valence-corrected chi connectivity index (χ2v) is 22.2. The molecule has 0 aromatic heterocycles. The number of carboxylic acids is 2. The molecule has 0 bridgehead atoms. The van der Waals surface area contributed by atoms with Crippen LogP contribution in [-0.4, -0.2) is 136 Å². The molecule has 2 fully saturated rings. The molecule has 8 N–H and O–H groups in total. The molecule has 0 radical (unpaired) electrons. The van der Waals surface area contributed by atoms with E-state index in [4.69, 9.17) is 46.4 Å². The van der Waals surface area contributed by atoms with Gasteiger partial charge in [-0.25, -0.2) is 0 Å². The molecule has 8 rings (SSSR count). The van der Waals surface area contributed by atoms with Crippen LogP contribution >= 0.6 is 71.2 Å². The van der Waals surface area contributed by atoms with Gasteiger partial charge in [-0.3, -0.25) is 19.2 Å². The van der Waals surface area contributed by atoms with Gasteiger partial charge in [0.2, 0.25) is 0 Å². The molecule has 0 saturated carbocycles. The maximum absolute atomic E-state index is 13.1. The van der Waals surface area contributed by atoms with Crippen molar-refractivity contribution in [1.82, 2.24) is 19.6 Å². The summed E-state index contributed by atoms with van der Waals surface area (Å²) in [6.07, 6.45) is 5.15. The molecule has 2 aliphatic heterocycles. The van der Waals surface area contributed by atoms with Gasteiger partial charge in [0.05, 0.1) is 32.9 Å². The van der Waals surface area contributed by atoms with Crippen LogP contribution < -0.4 is 0 Å². The van der Waals surface area contributed by atoms with Crippen LogP contribution in [0.15, 0.2) is 158 Å². The Labute approximate surface area is 508 Å². The maximum atomic E-state index is 13.1. The molecule has 81 heavy (non-hydrogen) atoms. The van der Waals surface area contributed by atoms with E-state index in [1.807, 2.05) is 148 Å². The Morgan fingerprint density at radius 3 is 1.05 bits per heavy atom. The summed E-state index contributed by atoms with van der Waals surface area (Å²) in [7, 11) is 3.67. The van der Waals surface area contributed by atoms with Crippen LogP contribution in [-0.2, 0) is 20.4 Å². The van der Waals surface area contributed by atoms with Crippen LogP contribution in [0, 0.1) is 0 Å². The lowest BCUT2D eigenvalue weighted by Crippen LogP contribution is -2.44. The third-order valence-corrected chi connectivity index (χ3v) is 17.0. The van der Waals surface area contributed by atoms with E-state index >= 15 is 0 Å². The molecule has 19 heteroatoms. The zero-order chi connectivity index (χ0) is 54.2. The minimum atomic E-state index is -0.756. The molecular formula is C62H76Cl6N4O9. The summed E-state index contributed by atoms with van der Waals surface area (Å²) in [6.45, 7) is 6.10. The Bertz CT molecular complexity index is 2670. The summed E-state index contributed by atoms with van der Waals surface area (Å²) in [5, 5.41) is 21.3. The van der Waals surface area contributed by atoms with E-state index in [-0.39, 0.29) is 88.6 Å². The summed E-state index contributed by atoms with van der Waals surface area (Å²) < 4.78 is 0. The summed E-state index contributed by atoms with van der Waals surface area (Å²) in [5.74, 6) is -1.41. The van der Waals surface area contributed by atoms with Crippen molar-refractivity contribution < 1.29 is 45.8 Å². The van der Waals surface area contributed by atoms with Crippen LogP contribution in [0.2, 0.25) is 20.1 Å². The van der Waals surface area contributed by atoms with E-state index in [1.165, 1.54) is 0 Å². The number of piperidine rings is 2. The summed E-state index contributed by atoms with van der Waals surface area (Å²) in [6, 6.07) is 50.1. The number of halogens is 6. The second kappa shape index (κ2) is 34.4. The number of rotatable bonds is 20. The third-order valence-electron chi connectivity index (χ3n) is 15.5. The van der Waals surface area contributed by atoms with Crippen LogP contribution in [0.1, 0.15) is 106 Å². The van der Waals surface area contributed by atoms with E-state index in [9.17, 15) is 29.4 Å². The lowest BCUT2D eigenvalue weighted by Gasteiger charge is -2.42. The molecule has 440 valence electrons. The molecule has 6 aromatic rings. The molecule has 2 heterocycles. The van der Waals surface area contributed by atoms with E-state index in [0.29, 0.717) is 44.3 Å². The van der Waals surface area contributed by atoms with Crippen LogP contribution in [0.5, 0.6) is 0 Å². The molecule has 2 atom stereocenters. The van der Waals surface area contributed by atoms with E-state index < -0.39 is 11.9 Å². The molecule has 0 spiro atoms. The molecule has 2 saturated heterocycles. The fourth-order valence-corrected chi connectivity index (χ4v) is 11.7. The average Bonchev–Trinajstić information content (AvgIpc) is 3.45. The Morgan fingerprint density at radius 2 is 0.765 bits per heavy atom. The first-order chi connectivity index (χ1) is 36.5. The largest absolute Gasteiger partial charge is 0.481 e. The number of benzene rings is 6. The molecule has 2 unspecified atom stereocenters. The molecule has 13 nitrogen and oxygen atoms in total. The first-order valence-electron chi connectivity index (χ1n) is 26.0. The predicted octanol–water partition coefficient (Wildman–Crippen LogP) is 11.9. The normalized spacial score (nSPS) is 15.1. The zero-order valence-corrected chi connectivity index (χ0v) is 50.3. The number of carbonyl (C=O) groups is 4. The van der Waals surface area contributed by atoms with Crippen molar-refractivity contribution in [1.29, 1.82) is 0 Å². The first kappa shape index (κ1) is 71.8. The number of hydrogen-bond acceptors (Lipinski definition) is 6. The Kier molecular flexibility index (Phi) is 30.5. The highest BCUT2D eigenvalue weighted by Gasteiger charge is 2.40. The number of carbonyl (C=O) groups excluding carboxylic acids is 2. The van der Waals surface area contributed by atoms with Gasteiger partial charge in [0.1, 0.15) is 0 Å². The fourth-order valence-electron chi connectivity index (χ4n) is 11.1. The maximum Gasteiger partial charge on any atom is 0.304 e. The predicted molar refractivity (Wildman–Crippen MR) is 332 cm³/mol. The van der Waals surface area contributed by atoms with E-state index in [2.05, 4.69) is 34.1 Å². The van der Waals surface area contributed by atoms with Crippen molar-refractivity contribution in [3.8, 4) is 0 Å². The second-order valence-electron chi connectivity index (χ2n) is 20.5. The monoisotopic (exact) mass is 1230 g/mol. The van der Waals surface area contributed by atoms with E-state index in [1.54, 1.807) is 9.80 Å². The van der Waals surface area contributed by atoms with Crippen molar-refractivity contribution in [2.75, 3.05) is 66.5 Å². The van der Waals surface area contributed by atoms with Gasteiger partial charge in [-0.2, -0.15) is 0 Å². The zero-order valence-electron chi connectivity index (χ0n) is 45.6. The average molecular weight is 1230 g/mol. The lowest BCUT2D eigenvalue weighted by molar-refractivity contribution is -0.140. The van der Waals surface area contributed by atoms with Crippen molar-refractivity contribution in [3.63, 3.8) is 0 Å². The van der Waals surface area contributed by atoms with Crippen LogP contribution in [0.3, 0.4) is 0 Å². The number of hydrogen-bond donors (Lipinski definition) is 2. The first-order valence-corrected chi connectivity index (χ1v) is 27.6. The van der Waals surface area contributed by atoms with Gasteiger partial charge in [0.15, 0.2) is 0 Å². The highest BCUT2D eigenvalue weighted by Crippen LogP contribution is 2.41. The summed E-state index contributed by atoms with van der Waals surface area (Å²) >= 11 is 25.1. The van der Waals surface area contributed by atoms with Gasteiger partial charge < -0.3 is 46.2 Å². The van der Waals surface area contributed by atoms with Gasteiger partial charge in [-0.15, -0.1) is 24.8 Å². The quantitative estimate of drug-likeness (QED) is 0.0748. The Morgan fingerprint density at radius 1 is 0.469 bits per heavy atom. The SMILES string of the molecule is CN(CC(CCN1CCC(CC(=O)O)(c2ccccc2)CC1)c1ccc(Cl)c(Cl)c1)C(=O)c1ccccc1.CN(CC(CCN1CCC(CC(=O)O)(c2ccccc2)CC1)c1ccc(Cl)c(Cl)c1)C(=O)c1ccccc1.Cl.Cl.O.O.O. The minimum Gasteiger partial charge on any atom is -0.481 e. The van der Waals surface area contributed by atoms with Crippen molar-refractivity contribution in [3.05, 3.63) is 211 Å². The van der Waals surface area contributed by atoms with Crippen molar-refractivity contribution in [2.45, 2.75) is 74.0 Å². The van der Waals surface area contributed by atoms with Crippen LogP contribution in [0.4, 0.5) is 0 Å². The van der Waals surface area contributed by atoms with Gasteiger partial charge in [-0.1, -0.05) is 156 Å². The Hall–Kier alpha value is -5.26. The number of aliphatic carboxylic acids is 2. The van der Waals surface area contributed by atoms with Gasteiger partial charge in [0.25, 0.3) is 11.8 Å². The van der Waals surface area contributed by atoms with E-state index in [0.717, 1.165) is 100 Å². The molecule has 0 aliphatic carbocycles. The Balaban J connectivity index is 0.000000521. The highest BCUT2D eigenvalue weighted by molar-refractivity contribution is 6.42. The smallest absolute Gasteiger partial charge is 0.304 e. The number of likely N-dealkylation sites (N-methyl/N-ethyl adjacent to an activating group) is 2. The number of likely N-dealkylation sites (tertiary alicyclic amines) is 2. The summed E-state index contributed by atoms with van der Waals surface area (Å²) in [5.41, 5.74) is 4.96. The van der Waals surface area contributed by atoms with Gasteiger partial charge in [0, 0.05) is 61.0 Å². The molecule has 2 amide bonds. The number of carboxylic acid groups (broad SMARTS) is 2.